The van der Waals surface area contributed by atoms with Crippen molar-refractivity contribution in [2.24, 2.45) is 0 Å². The van der Waals surface area contributed by atoms with Crippen LogP contribution in [0.1, 0.15) is 35.2 Å². The van der Waals surface area contributed by atoms with E-state index in [0.29, 0.717) is 17.8 Å². The highest BCUT2D eigenvalue weighted by Crippen LogP contribution is 2.28. The summed E-state index contributed by atoms with van der Waals surface area (Å²) in [6.07, 6.45) is 3.10. The second kappa shape index (κ2) is 6.53. The lowest BCUT2D eigenvalue weighted by Gasteiger charge is -2.13. The lowest BCUT2D eigenvalue weighted by atomic mass is 10.1. The van der Waals surface area contributed by atoms with Gasteiger partial charge in [-0.25, -0.2) is 4.79 Å². The van der Waals surface area contributed by atoms with Crippen molar-refractivity contribution in [1.29, 1.82) is 0 Å². The molecule has 1 atom stereocenters. The highest BCUT2D eigenvalue weighted by molar-refractivity contribution is 5.90. The maximum Gasteiger partial charge on any atom is 0.336 e. The van der Waals surface area contributed by atoms with Crippen LogP contribution in [0.15, 0.2) is 12.1 Å². The van der Waals surface area contributed by atoms with Crippen LogP contribution in [0.4, 0.5) is 11.4 Å². The molecule has 114 valence electrons. The van der Waals surface area contributed by atoms with Crippen LogP contribution in [0.5, 0.6) is 0 Å². The van der Waals surface area contributed by atoms with E-state index in [1.165, 1.54) is 6.07 Å². The van der Waals surface area contributed by atoms with Gasteiger partial charge >= 0.3 is 5.97 Å². The van der Waals surface area contributed by atoms with Gasteiger partial charge in [0.15, 0.2) is 0 Å². The van der Waals surface area contributed by atoms with E-state index in [4.69, 9.17) is 9.84 Å². The van der Waals surface area contributed by atoms with Crippen LogP contribution in [0, 0.1) is 17.0 Å². The fraction of sp³-hybridized carbons (Fsp3) is 0.500. The van der Waals surface area contributed by atoms with Gasteiger partial charge < -0.3 is 15.2 Å². The SMILES string of the molecule is Cc1c(NCCC2CCCO2)cc(C(=O)O)cc1[N+](=O)[O-]. The summed E-state index contributed by atoms with van der Waals surface area (Å²) in [5.41, 5.74) is 0.651. The van der Waals surface area contributed by atoms with Crippen LogP contribution in [0.2, 0.25) is 0 Å². The van der Waals surface area contributed by atoms with Gasteiger partial charge in [0.25, 0.3) is 5.69 Å². The number of carboxylic acids is 1. The van der Waals surface area contributed by atoms with E-state index >= 15 is 0 Å². The van der Waals surface area contributed by atoms with Gasteiger partial charge in [0.05, 0.1) is 16.6 Å². The number of benzene rings is 1. The number of nitro groups is 1. The lowest BCUT2D eigenvalue weighted by molar-refractivity contribution is -0.385. The van der Waals surface area contributed by atoms with Crippen molar-refractivity contribution in [2.45, 2.75) is 32.3 Å². The first kappa shape index (κ1) is 15.2. The molecule has 0 bridgehead atoms. The number of ether oxygens (including phenoxy) is 1. The Bertz CT molecular complexity index is 553. The number of hydrogen-bond acceptors (Lipinski definition) is 5. The maximum atomic E-state index is 11.1. The molecule has 1 aromatic carbocycles. The Hall–Kier alpha value is -2.15. The molecule has 0 aliphatic carbocycles. The van der Waals surface area contributed by atoms with Crippen molar-refractivity contribution in [1.82, 2.24) is 0 Å². The largest absolute Gasteiger partial charge is 0.478 e. The van der Waals surface area contributed by atoms with Crippen molar-refractivity contribution in [3.8, 4) is 0 Å². The Balaban J connectivity index is 2.12. The Labute approximate surface area is 122 Å². The number of anilines is 1. The molecule has 2 N–H and O–H groups in total. The molecule has 7 heteroatoms. The van der Waals surface area contributed by atoms with Crippen LogP contribution in [-0.2, 0) is 4.74 Å². The van der Waals surface area contributed by atoms with Gasteiger partial charge in [0.1, 0.15) is 0 Å². The topological polar surface area (TPSA) is 102 Å². The summed E-state index contributed by atoms with van der Waals surface area (Å²) in [6.45, 7) is 2.98. The Morgan fingerprint density at radius 1 is 1.57 bits per heavy atom. The minimum absolute atomic E-state index is 0.0908. The van der Waals surface area contributed by atoms with E-state index in [9.17, 15) is 14.9 Å². The summed E-state index contributed by atoms with van der Waals surface area (Å²) in [5, 5.41) is 23.1. The summed E-state index contributed by atoms with van der Waals surface area (Å²) in [6, 6.07) is 2.52. The molecule has 7 nitrogen and oxygen atoms in total. The zero-order chi connectivity index (χ0) is 15.4. The van der Waals surface area contributed by atoms with E-state index in [-0.39, 0.29) is 17.4 Å². The fourth-order valence-corrected chi connectivity index (χ4v) is 2.44. The molecule has 2 rings (SSSR count). The van der Waals surface area contributed by atoms with Gasteiger partial charge in [0.2, 0.25) is 0 Å². The number of rotatable bonds is 6. The molecule has 1 unspecified atom stereocenters. The van der Waals surface area contributed by atoms with E-state index in [0.717, 1.165) is 31.9 Å². The number of aromatic carboxylic acids is 1. The van der Waals surface area contributed by atoms with Crippen LogP contribution < -0.4 is 5.32 Å². The molecule has 0 radical (unpaired) electrons. The second-order valence-electron chi connectivity index (χ2n) is 5.08. The first-order valence-electron chi connectivity index (χ1n) is 6.87. The van der Waals surface area contributed by atoms with Crippen LogP contribution in [0.3, 0.4) is 0 Å². The van der Waals surface area contributed by atoms with Crippen LogP contribution in [0.25, 0.3) is 0 Å². The minimum atomic E-state index is -1.18. The monoisotopic (exact) mass is 294 g/mol. The highest BCUT2D eigenvalue weighted by Gasteiger charge is 2.20. The van der Waals surface area contributed by atoms with Crippen LogP contribution >= 0.6 is 0 Å². The average Bonchev–Trinajstić information content (AvgIpc) is 2.93. The van der Waals surface area contributed by atoms with E-state index in [1.807, 2.05) is 0 Å². The normalized spacial score (nSPS) is 17.7. The van der Waals surface area contributed by atoms with Crippen molar-refractivity contribution >= 4 is 17.3 Å². The van der Waals surface area contributed by atoms with Gasteiger partial charge in [-0.2, -0.15) is 0 Å². The molecule has 1 aliphatic rings. The standard InChI is InChI=1S/C14H18N2O5/c1-9-12(15-5-4-11-3-2-6-21-11)7-10(14(17)18)8-13(9)16(19)20/h7-8,11,15H,2-6H2,1H3,(H,17,18). The number of carboxylic acid groups (broad SMARTS) is 1. The third kappa shape index (κ3) is 3.69. The zero-order valence-corrected chi connectivity index (χ0v) is 11.8. The molecule has 21 heavy (non-hydrogen) atoms. The van der Waals surface area contributed by atoms with Crippen molar-refractivity contribution < 1.29 is 19.6 Å². The minimum Gasteiger partial charge on any atom is -0.478 e. The molecule has 1 fully saturated rings. The number of nitrogens with zero attached hydrogens (tertiary/aromatic N) is 1. The molecule has 0 saturated carbocycles. The number of nitrogens with one attached hydrogen (secondary N) is 1. The first-order chi connectivity index (χ1) is 9.99. The first-order valence-corrected chi connectivity index (χ1v) is 6.87. The third-order valence-corrected chi connectivity index (χ3v) is 3.63. The Kier molecular flexibility index (Phi) is 4.74. The fourth-order valence-electron chi connectivity index (χ4n) is 2.44. The molecule has 1 saturated heterocycles. The molecule has 1 aromatic rings. The third-order valence-electron chi connectivity index (χ3n) is 3.63. The number of hydrogen-bond donors (Lipinski definition) is 2. The summed E-state index contributed by atoms with van der Waals surface area (Å²) in [4.78, 5) is 21.5. The second-order valence-corrected chi connectivity index (χ2v) is 5.08. The molecular formula is C14H18N2O5. The van der Waals surface area contributed by atoms with Gasteiger partial charge in [-0.1, -0.05) is 0 Å². The summed E-state index contributed by atoms with van der Waals surface area (Å²) in [5.74, 6) is -1.18. The average molecular weight is 294 g/mol. The Morgan fingerprint density at radius 2 is 2.33 bits per heavy atom. The lowest BCUT2D eigenvalue weighted by Crippen LogP contribution is -2.13. The summed E-state index contributed by atoms with van der Waals surface area (Å²) >= 11 is 0. The van der Waals surface area contributed by atoms with Crippen LogP contribution in [-0.4, -0.2) is 35.3 Å². The van der Waals surface area contributed by atoms with Gasteiger partial charge in [-0.3, -0.25) is 10.1 Å². The van der Waals surface area contributed by atoms with Crippen molar-refractivity contribution in [3.05, 3.63) is 33.4 Å². The molecule has 0 spiro atoms. The van der Waals surface area contributed by atoms with E-state index in [2.05, 4.69) is 5.32 Å². The number of nitro benzene ring substituents is 1. The maximum absolute atomic E-state index is 11.1. The smallest absolute Gasteiger partial charge is 0.336 e. The highest BCUT2D eigenvalue weighted by atomic mass is 16.6. The molecule has 1 heterocycles. The molecule has 0 amide bonds. The van der Waals surface area contributed by atoms with Crippen molar-refractivity contribution in [3.63, 3.8) is 0 Å². The Morgan fingerprint density at radius 3 is 2.90 bits per heavy atom. The predicted octanol–water partition coefficient (Wildman–Crippen LogP) is 2.58. The van der Waals surface area contributed by atoms with E-state index < -0.39 is 10.9 Å². The quantitative estimate of drug-likeness (QED) is 0.617. The number of carbonyl (C=O) groups is 1. The zero-order valence-electron chi connectivity index (χ0n) is 11.8. The molecule has 0 aromatic heterocycles. The predicted molar refractivity (Wildman–Crippen MR) is 76.9 cm³/mol. The molecule has 1 aliphatic heterocycles. The van der Waals surface area contributed by atoms with Gasteiger partial charge in [0, 0.05) is 30.5 Å². The van der Waals surface area contributed by atoms with Gasteiger partial charge in [-0.15, -0.1) is 0 Å². The van der Waals surface area contributed by atoms with Crippen molar-refractivity contribution in [2.75, 3.05) is 18.5 Å². The summed E-state index contributed by atoms with van der Waals surface area (Å²) in [7, 11) is 0. The molecular weight excluding hydrogens is 276 g/mol. The summed E-state index contributed by atoms with van der Waals surface area (Å²) < 4.78 is 5.50. The van der Waals surface area contributed by atoms with E-state index in [1.54, 1.807) is 6.92 Å². The van der Waals surface area contributed by atoms with Gasteiger partial charge in [-0.05, 0) is 32.3 Å².